The molecule has 0 fully saturated rings. The van der Waals surface area contributed by atoms with Crippen LogP contribution in [0, 0.1) is 6.92 Å². The van der Waals surface area contributed by atoms with Crippen LogP contribution in [0.3, 0.4) is 0 Å². The second-order valence-electron chi connectivity index (χ2n) is 6.32. The number of rotatable bonds is 5. The number of ketones is 1. The average Bonchev–Trinajstić information content (AvgIpc) is 2.94. The minimum Gasteiger partial charge on any atom is -0.507 e. The second kappa shape index (κ2) is 7.64. The minimum atomic E-state index is -0.144. The summed E-state index contributed by atoms with van der Waals surface area (Å²) < 4.78 is 6.86. The summed E-state index contributed by atoms with van der Waals surface area (Å²) >= 11 is 3.49. The molecule has 0 aliphatic carbocycles. The fourth-order valence-electron chi connectivity index (χ4n) is 3.14. The van der Waals surface area contributed by atoms with Crippen molar-refractivity contribution in [3.8, 4) is 11.5 Å². The van der Waals surface area contributed by atoms with Crippen molar-refractivity contribution < 1.29 is 14.6 Å². The summed E-state index contributed by atoms with van der Waals surface area (Å²) in [5.74, 6) is 0.788. The van der Waals surface area contributed by atoms with Crippen molar-refractivity contribution in [2.75, 3.05) is 13.1 Å². The highest BCUT2D eigenvalue weighted by Crippen LogP contribution is 2.42. The number of allylic oxidation sites excluding steroid dienone is 1. The van der Waals surface area contributed by atoms with Crippen LogP contribution in [-0.2, 0) is 6.54 Å². The van der Waals surface area contributed by atoms with Crippen LogP contribution >= 0.6 is 15.9 Å². The van der Waals surface area contributed by atoms with Crippen molar-refractivity contribution in [3.63, 3.8) is 0 Å². The smallest absolute Gasteiger partial charge is 0.232 e. The lowest BCUT2D eigenvalue weighted by molar-refractivity contribution is 0.101. The zero-order valence-electron chi connectivity index (χ0n) is 15.2. The summed E-state index contributed by atoms with van der Waals surface area (Å²) in [5, 5.41) is 10.5. The first-order chi connectivity index (χ1) is 12.5. The lowest BCUT2D eigenvalue weighted by Crippen LogP contribution is -2.22. The van der Waals surface area contributed by atoms with Gasteiger partial charge in [0.05, 0.1) is 11.1 Å². The van der Waals surface area contributed by atoms with E-state index in [1.807, 2.05) is 31.2 Å². The van der Waals surface area contributed by atoms with E-state index in [-0.39, 0.29) is 17.3 Å². The Hall–Kier alpha value is -2.11. The van der Waals surface area contributed by atoms with Crippen LogP contribution in [0.5, 0.6) is 11.5 Å². The molecule has 0 bridgehead atoms. The number of phenolic OH excluding ortho intramolecular Hbond substituents is 1. The Bertz CT molecular complexity index is 885. The maximum absolute atomic E-state index is 12.9. The third-order valence-corrected chi connectivity index (χ3v) is 5.41. The predicted molar refractivity (Wildman–Crippen MR) is 107 cm³/mol. The summed E-state index contributed by atoms with van der Waals surface area (Å²) in [6, 6.07) is 9.31. The monoisotopic (exact) mass is 415 g/mol. The van der Waals surface area contributed by atoms with Crippen molar-refractivity contribution in [3.05, 3.63) is 62.8 Å². The van der Waals surface area contributed by atoms with Gasteiger partial charge in [0.25, 0.3) is 0 Å². The largest absolute Gasteiger partial charge is 0.507 e. The number of hydrogen-bond acceptors (Lipinski definition) is 4. The number of nitrogens with zero attached hydrogens (tertiary/aromatic N) is 1. The van der Waals surface area contributed by atoms with Gasteiger partial charge in [-0.3, -0.25) is 9.69 Å². The Balaban J connectivity index is 2.06. The molecule has 136 valence electrons. The summed E-state index contributed by atoms with van der Waals surface area (Å²) in [7, 11) is 0. The fourth-order valence-corrected chi connectivity index (χ4v) is 3.54. The standard InChI is InChI=1S/C21H22BrNO3/c1-4-23(5-2)12-15-17(24)10-13(3)19-20(25)18(26-21(15)19)11-14-8-6-7-9-16(14)22/h6-11,24H,4-5,12H2,1-3H3/b18-11-. The average molecular weight is 416 g/mol. The SMILES string of the molecule is CCN(CC)Cc1c(O)cc(C)c2c1O/C(=C\c1ccccc1Br)C2=O. The van der Waals surface area contributed by atoms with Crippen LogP contribution in [0.15, 0.2) is 40.6 Å². The van der Waals surface area contributed by atoms with Gasteiger partial charge in [-0.15, -0.1) is 0 Å². The van der Waals surface area contributed by atoms with Crippen LogP contribution < -0.4 is 4.74 Å². The van der Waals surface area contributed by atoms with E-state index >= 15 is 0 Å². The van der Waals surface area contributed by atoms with Crippen molar-refractivity contribution in [2.45, 2.75) is 27.3 Å². The van der Waals surface area contributed by atoms with Gasteiger partial charge in [0.1, 0.15) is 11.5 Å². The number of phenols is 1. The molecule has 1 aliphatic rings. The second-order valence-corrected chi connectivity index (χ2v) is 7.17. The van der Waals surface area contributed by atoms with Crippen molar-refractivity contribution in [1.29, 1.82) is 0 Å². The summed E-state index contributed by atoms with van der Waals surface area (Å²) in [6.07, 6.45) is 1.74. The van der Waals surface area contributed by atoms with E-state index in [4.69, 9.17) is 4.74 Å². The Morgan fingerprint density at radius 3 is 2.58 bits per heavy atom. The maximum Gasteiger partial charge on any atom is 0.232 e. The van der Waals surface area contributed by atoms with Crippen molar-refractivity contribution in [1.82, 2.24) is 4.90 Å². The molecule has 0 aromatic heterocycles. The van der Waals surface area contributed by atoms with E-state index < -0.39 is 0 Å². The van der Waals surface area contributed by atoms with Crippen LogP contribution in [0.25, 0.3) is 6.08 Å². The molecular formula is C21H22BrNO3. The molecule has 1 heterocycles. The Morgan fingerprint density at radius 2 is 1.92 bits per heavy atom. The molecule has 26 heavy (non-hydrogen) atoms. The lowest BCUT2D eigenvalue weighted by atomic mass is 9.99. The minimum absolute atomic E-state index is 0.144. The number of carbonyl (C=O) groups is 1. The van der Waals surface area contributed by atoms with Crippen LogP contribution in [0.4, 0.5) is 0 Å². The van der Waals surface area contributed by atoms with Gasteiger partial charge >= 0.3 is 0 Å². The number of benzene rings is 2. The normalized spacial score (nSPS) is 14.8. The first kappa shape index (κ1) is 18.7. The van der Waals surface area contributed by atoms with Gasteiger partial charge < -0.3 is 9.84 Å². The molecule has 2 aromatic carbocycles. The summed E-state index contributed by atoms with van der Waals surface area (Å²) in [5.41, 5.74) is 2.80. The molecule has 5 heteroatoms. The number of aryl methyl sites for hydroxylation is 1. The molecule has 0 radical (unpaired) electrons. The molecule has 0 spiro atoms. The molecule has 1 aliphatic heterocycles. The highest BCUT2D eigenvalue weighted by molar-refractivity contribution is 9.10. The van der Waals surface area contributed by atoms with Gasteiger partial charge in [0.15, 0.2) is 5.76 Å². The number of carbonyl (C=O) groups excluding carboxylic acids is 1. The third-order valence-electron chi connectivity index (χ3n) is 4.69. The topological polar surface area (TPSA) is 49.8 Å². The Morgan fingerprint density at radius 1 is 1.23 bits per heavy atom. The molecule has 0 saturated carbocycles. The number of halogens is 1. The quantitative estimate of drug-likeness (QED) is 0.703. The van der Waals surface area contributed by atoms with Crippen LogP contribution in [0.2, 0.25) is 0 Å². The van der Waals surface area contributed by atoms with Gasteiger partial charge in [-0.05, 0) is 49.3 Å². The van der Waals surface area contributed by atoms with Crippen LogP contribution in [-0.4, -0.2) is 28.9 Å². The van der Waals surface area contributed by atoms with Gasteiger partial charge in [-0.2, -0.15) is 0 Å². The highest BCUT2D eigenvalue weighted by atomic mass is 79.9. The Labute approximate surface area is 162 Å². The first-order valence-electron chi connectivity index (χ1n) is 8.72. The van der Waals surface area contributed by atoms with E-state index in [9.17, 15) is 9.90 Å². The lowest BCUT2D eigenvalue weighted by Gasteiger charge is -2.20. The van der Waals surface area contributed by atoms with Crippen molar-refractivity contribution in [2.24, 2.45) is 0 Å². The highest BCUT2D eigenvalue weighted by Gasteiger charge is 2.33. The molecule has 0 saturated heterocycles. The molecule has 0 unspecified atom stereocenters. The van der Waals surface area contributed by atoms with Gasteiger partial charge in [0, 0.05) is 11.0 Å². The zero-order valence-corrected chi connectivity index (χ0v) is 16.8. The number of Topliss-reactive ketones (excluding diaryl/α,β-unsaturated/α-hetero) is 1. The molecule has 2 aromatic rings. The number of ether oxygens (including phenoxy) is 1. The molecule has 4 nitrogen and oxygen atoms in total. The van der Waals surface area contributed by atoms with E-state index in [0.717, 1.165) is 28.7 Å². The number of aromatic hydroxyl groups is 1. The van der Waals surface area contributed by atoms with Gasteiger partial charge in [-0.25, -0.2) is 0 Å². The molecule has 0 atom stereocenters. The van der Waals surface area contributed by atoms with E-state index in [0.29, 0.717) is 23.4 Å². The molecular weight excluding hydrogens is 394 g/mol. The maximum atomic E-state index is 12.9. The van der Waals surface area contributed by atoms with Crippen LogP contribution in [0.1, 0.15) is 40.9 Å². The number of fused-ring (bicyclic) bond motifs is 1. The van der Waals surface area contributed by atoms with Gasteiger partial charge in [-0.1, -0.05) is 48.0 Å². The third kappa shape index (κ3) is 3.41. The van der Waals surface area contributed by atoms with Crippen molar-refractivity contribution >= 4 is 27.8 Å². The predicted octanol–water partition coefficient (Wildman–Crippen LogP) is 4.92. The molecule has 1 N–H and O–H groups in total. The molecule has 0 amide bonds. The Kier molecular flexibility index (Phi) is 5.49. The zero-order chi connectivity index (χ0) is 18.8. The van der Waals surface area contributed by atoms with E-state index in [1.165, 1.54) is 0 Å². The molecule has 3 rings (SSSR count). The summed E-state index contributed by atoms with van der Waals surface area (Å²) in [6.45, 7) is 8.20. The fraction of sp³-hybridized carbons (Fsp3) is 0.286. The first-order valence-corrected chi connectivity index (χ1v) is 9.52. The summed E-state index contributed by atoms with van der Waals surface area (Å²) in [4.78, 5) is 15.1. The number of hydrogen-bond donors (Lipinski definition) is 1. The van der Waals surface area contributed by atoms with E-state index in [1.54, 1.807) is 12.1 Å². The van der Waals surface area contributed by atoms with Gasteiger partial charge in [0.2, 0.25) is 5.78 Å². The van der Waals surface area contributed by atoms with E-state index in [2.05, 4.69) is 34.7 Å².